The Bertz CT molecular complexity index is 920. The maximum absolute atomic E-state index is 11.2. The molecule has 2 aromatic rings. The number of nitrogens with zero attached hydrogens (tertiary/aromatic N) is 4. The first-order chi connectivity index (χ1) is 14.4. The summed E-state index contributed by atoms with van der Waals surface area (Å²) in [6.45, 7) is 6.89. The molecule has 0 saturated carbocycles. The number of anilines is 2. The summed E-state index contributed by atoms with van der Waals surface area (Å²) in [6, 6.07) is 2.55. The van der Waals surface area contributed by atoms with E-state index in [1.54, 1.807) is 7.11 Å². The molecule has 1 fully saturated rings. The summed E-state index contributed by atoms with van der Waals surface area (Å²) in [6.07, 6.45) is 5.59. The maximum Gasteiger partial charge on any atom is 0.223 e. The third-order valence-electron chi connectivity index (χ3n) is 5.77. The molecule has 0 radical (unpaired) electrons. The fourth-order valence-corrected chi connectivity index (χ4v) is 5.22. The van der Waals surface area contributed by atoms with Crippen LogP contribution >= 0.6 is 11.3 Å². The number of methoxy groups -OCH3 is 1. The second kappa shape index (κ2) is 8.49. The van der Waals surface area contributed by atoms with Gasteiger partial charge < -0.3 is 19.7 Å². The molecular weight excluding hydrogens is 402 g/mol. The van der Waals surface area contributed by atoms with Gasteiger partial charge in [-0.15, -0.1) is 11.3 Å². The molecule has 0 bridgehead atoms. The number of ether oxygens (including phenoxy) is 2. The molecule has 1 spiro atoms. The number of amides is 1. The Hall–Kier alpha value is -2.23. The third kappa shape index (κ3) is 4.43. The first-order valence-electron chi connectivity index (χ1n) is 10.2. The van der Waals surface area contributed by atoms with Gasteiger partial charge in [0.2, 0.25) is 5.91 Å². The smallest absolute Gasteiger partial charge is 0.223 e. The molecule has 0 aliphatic carbocycles. The molecule has 2 aromatic heterocycles. The Morgan fingerprint density at radius 1 is 1.47 bits per heavy atom. The predicted molar refractivity (Wildman–Crippen MR) is 117 cm³/mol. The number of carbonyl (C=O) groups excluding carboxylic acids is 1. The predicted octanol–water partition coefficient (Wildman–Crippen LogP) is 2.55. The van der Waals surface area contributed by atoms with Gasteiger partial charge in [0.15, 0.2) is 5.13 Å². The normalized spacial score (nSPS) is 22.9. The number of rotatable bonds is 7. The minimum atomic E-state index is -0.196. The number of carbonyl (C=O) groups is 1. The number of nitrogens with one attached hydrogen (secondary N) is 1. The zero-order chi connectivity index (χ0) is 21.3. The first-order valence-corrected chi connectivity index (χ1v) is 11.0. The van der Waals surface area contributed by atoms with Gasteiger partial charge in [0, 0.05) is 76.2 Å². The molecule has 4 heterocycles. The molecule has 9 heteroatoms. The van der Waals surface area contributed by atoms with E-state index in [0.717, 1.165) is 48.9 Å². The lowest BCUT2D eigenvalue weighted by Gasteiger charge is -2.23. The molecule has 4 rings (SSSR count). The summed E-state index contributed by atoms with van der Waals surface area (Å²) in [5.41, 5.74) is 1.03. The lowest BCUT2D eigenvalue weighted by molar-refractivity contribution is -0.114. The molecule has 2 aliphatic rings. The Morgan fingerprint density at radius 3 is 3.07 bits per heavy atom. The monoisotopic (exact) mass is 431 g/mol. The summed E-state index contributed by atoms with van der Waals surface area (Å²) in [4.78, 5) is 25.8. The van der Waals surface area contributed by atoms with Crippen LogP contribution in [0.1, 0.15) is 30.7 Å². The van der Waals surface area contributed by atoms with Crippen molar-refractivity contribution in [2.24, 2.45) is 0 Å². The first kappa shape index (κ1) is 21.0. The van der Waals surface area contributed by atoms with Crippen LogP contribution in [0.15, 0.2) is 18.5 Å². The van der Waals surface area contributed by atoms with E-state index < -0.39 is 0 Å². The van der Waals surface area contributed by atoms with Crippen molar-refractivity contribution in [3.8, 4) is 5.75 Å². The highest BCUT2D eigenvalue weighted by atomic mass is 32.1. The second-order valence-electron chi connectivity index (χ2n) is 8.30. The van der Waals surface area contributed by atoms with Crippen molar-refractivity contribution in [3.05, 3.63) is 28.9 Å². The van der Waals surface area contributed by atoms with Gasteiger partial charge in [0.25, 0.3) is 0 Å². The van der Waals surface area contributed by atoms with Gasteiger partial charge in [-0.2, -0.15) is 0 Å². The fraction of sp³-hybridized carbons (Fsp3) is 0.571. The van der Waals surface area contributed by atoms with Crippen molar-refractivity contribution < 1.29 is 14.3 Å². The van der Waals surface area contributed by atoms with Crippen molar-refractivity contribution in [2.75, 3.05) is 44.1 Å². The van der Waals surface area contributed by atoms with Crippen molar-refractivity contribution in [3.63, 3.8) is 0 Å². The van der Waals surface area contributed by atoms with Crippen molar-refractivity contribution in [2.45, 2.75) is 44.9 Å². The van der Waals surface area contributed by atoms with Crippen LogP contribution in [0.3, 0.4) is 0 Å². The molecule has 162 valence electrons. The largest absolute Gasteiger partial charge is 0.484 e. The van der Waals surface area contributed by atoms with Crippen LogP contribution < -0.4 is 15.0 Å². The SMILES string of the molecule is COCCN(C)c1cc2c(cn1)O[C@]1(C2)C[C@H](C)N(Cc2cnc(NC(C)=O)s2)C1. The molecule has 30 heavy (non-hydrogen) atoms. The van der Waals surface area contributed by atoms with E-state index in [2.05, 4.69) is 38.1 Å². The third-order valence-corrected chi connectivity index (χ3v) is 6.67. The standard InChI is InChI=1S/C21H29N5O3S/c1-14-8-21(13-26(14)12-17-10-23-20(30-17)24-15(2)27)9-16-7-19(22-11-18(16)29-21)25(3)5-6-28-4/h7,10-11,14H,5-6,8-9,12-13H2,1-4H3,(H,23,24,27)/t14-,21-/m0/s1. The molecule has 0 unspecified atom stereocenters. The zero-order valence-corrected chi connectivity index (χ0v) is 18.8. The van der Waals surface area contributed by atoms with E-state index in [1.165, 1.54) is 23.8 Å². The van der Waals surface area contributed by atoms with Gasteiger partial charge in [-0.05, 0) is 13.0 Å². The van der Waals surface area contributed by atoms with E-state index in [1.807, 2.05) is 19.4 Å². The maximum atomic E-state index is 11.2. The lowest BCUT2D eigenvalue weighted by atomic mass is 9.95. The van der Waals surface area contributed by atoms with Crippen LogP contribution in [0.2, 0.25) is 0 Å². The molecule has 8 nitrogen and oxygen atoms in total. The van der Waals surface area contributed by atoms with Gasteiger partial charge in [-0.3, -0.25) is 9.69 Å². The van der Waals surface area contributed by atoms with Crippen LogP contribution in [0.5, 0.6) is 5.75 Å². The Labute approximate surface area is 181 Å². The molecule has 1 amide bonds. The van der Waals surface area contributed by atoms with E-state index in [0.29, 0.717) is 17.8 Å². The van der Waals surface area contributed by atoms with E-state index >= 15 is 0 Å². The molecule has 2 atom stereocenters. The molecule has 2 aliphatic heterocycles. The van der Waals surface area contributed by atoms with Crippen LogP contribution in [0.25, 0.3) is 0 Å². The Morgan fingerprint density at radius 2 is 2.30 bits per heavy atom. The molecule has 0 aromatic carbocycles. The van der Waals surface area contributed by atoms with Crippen LogP contribution in [0.4, 0.5) is 10.9 Å². The number of hydrogen-bond donors (Lipinski definition) is 1. The van der Waals surface area contributed by atoms with Crippen molar-refractivity contribution in [1.29, 1.82) is 0 Å². The van der Waals surface area contributed by atoms with Crippen LogP contribution in [0, 0.1) is 0 Å². The number of hydrogen-bond acceptors (Lipinski definition) is 8. The fourth-order valence-electron chi connectivity index (χ4n) is 4.33. The Kier molecular flexibility index (Phi) is 5.95. The zero-order valence-electron chi connectivity index (χ0n) is 18.0. The van der Waals surface area contributed by atoms with Gasteiger partial charge >= 0.3 is 0 Å². The summed E-state index contributed by atoms with van der Waals surface area (Å²) >= 11 is 1.53. The van der Waals surface area contributed by atoms with Crippen LogP contribution in [-0.2, 0) is 22.5 Å². The quantitative estimate of drug-likeness (QED) is 0.722. The molecule has 1 saturated heterocycles. The van der Waals surface area contributed by atoms with E-state index in [4.69, 9.17) is 9.47 Å². The summed E-state index contributed by atoms with van der Waals surface area (Å²) in [5.74, 6) is 1.76. The molecule has 1 N–H and O–H groups in total. The average Bonchev–Trinajstić information content (AvgIpc) is 3.35. The second-order valence-corrected chi connectivity index (χ2v) is 9.41. The van der Waals surface area contributed by atoms with Gasteiger partial charge in [0.05, 0.1) is 12.8 Å². The number of thiazole rings is 1. The minimum absolute atomic E-state index is 0.0950. The van der Waals surface area contributed by atoms with Crippen molar-refractivity contribution in [1.82, 2.24) is 14.9 Å². The minimum Gasteiger partial charge on any atom is -0.484 e. The van der Waals surface area contributed by atoms with Gasteiger partial charge in [-0.25, -0.2) is 9.97 Å². The number of pyridine rings is 1. The summed E-state index contributed by atoms with van der Waals surface area (Å²) in [5, 5.41) is 3.41. The summed E-state index contributed by atoms with van der Waals surface area (Å²) in [7, 11) is 3.74. The number of likely N-dealkylation sites (N-methyl/N-ethyl adjacent to an activating group) is 1. The highest BCUT2D eigenvalue weighted by Gasteiger charge is 2.48. The number of aromatic nitrogens is 2. The Balaban J connectivity index is 1.42. The lowest BCUT2D eigenvalue weighted by Crippen LogP contribution is -2.37. The van der Waals surface area contributed by atoms with Crippen LogP contribution in [-0.4, -0.2) is 66.3 Å². The van der Waals surface area contributed by atoms with E-state index in [9.17, 15) is 4.79 Å². The molecular formula is C21H29N5O3S. The highest BCUT2D eigenvalue weighted by molar-refractivity contribution is 7.15. The number of likely N-dealkylation sites (tertiary alicyclic amines) is 1. The number of fused-ring (bicyclic) bond motifs is 1. The topological polar surface area (TPSA) is 79.8 Å². The highest BCUT2D eigenvalue weighted by Crippen LogP contribution is 2.43. The average molecular weight is 432 g/mol. The van der Waals surface area contributed by atoms with Gasteiger partial charge in [-0.1, -0.05) is 0 Å². The van der Waals surface area contributed by atoms with Crippen molar-refractivity contribution >= 4 is 28.2 Å². The van der Waals surface area contributed by atoms with Gasteiger partial charge in [0.1, 0.15) is 17.2 Å². The van der Waals surface area contributed by atoms with E-state index in [-0.39, 0.29) is 11.5 Å². The summed E-state index contributed by atoms with van der Waals surface area (Å²) < 4.78 is 11.6.